The Kier molecular flexibility index (Phi) is 5.96. The Labute approximate surface area is 156 Å². The largest absolute Gasteiger partial charge is 0.357 e. The van der Waals surface area contributed by atoms with E-state index in [9.17, 15) is 0 Å². The lowest BCUT2D eigenvalue weighted by Gasteiger charge is -2.26. The first kappa shape index (κ1) is 18.5. The SMILES string of the molecule is CCNC(=NCc1c(C)nn(C)c1C)NCC1CCCc2ccccc21. The number of hydrogen-bond acceptors (Lipinski definition) is 2. The van der Waals surface area contributed by atoms with Crippen LogP contribution in [0.4, 0.5) is 0 Å². The minimum atomic E-state index is 0.561. The highest BCUT2D eigenvalue weighted by molar-refractivity contribution is 5.79. The van der Waals surface area contributed by atoms with E-state index in [-0.39, 0.29) is 0 Å². The van der Waals surface area contributed by atoms with Crippen molar-refractivity contribution >= 4 is 5.96 Å². The normalized spacial score (nSPS) is 17.1. The van der Waals surface area contributed by atoms with Crippen molar-refractivity contribution in [2.24, 2.45) is 12.0 Å². The molecular weight excluding hydrogens is 322 g/mol. The van der Waals surface area contributed by atoms with Crippen molar-refractivity contribution in [3.05, 3.63) is 52.3 Å². The van der Waals surface area contributed by atoms with Gasteiger partial charge in [0.2, 0.25) is 0 Å². The van der Waals surface area contributed by atoms with Crippen LogP contribution < -0.4 is 10.6 Å². The van der Waals surface area contributed by atoms with Gasteiger partial charge in [-0.3, -0.25) is 4.68 Å². The van der Waals surface area contributed by atoms with Crippen molar-refractivity contribution < 1.29 is 0 Å². The maximum Gasteiger partial charge on any atom is 0.191 e. The van der Waals surface area contributed by atoms with Crippen LogP contribution in [0.3, 0.4) is 0 Å². The van der Waals surface area contributed by atoms with Crippen molar-refractivity contribution in [1.82, 2.24) is 20.4 Å². The maximum atomic E-state index is 4.80. The zero-order chi connectivity index (χ0) is 18.5. The molecule has 0 spiro atoms. The van der Waals surface area contributed by atoms with Gasteiger partial charge in [-0.2, -0.15) is 5.10 Å². The van der Waals surface area contributed by atoms with Gasteiger partial charge in [-0.1, -0.05) is 24.3 Å². The Hall–Kier alpha value is -2.30. The molecule has 2 N–H and O–H groups in total. The maximum absolute atomic E-state index is 4.80. The van der Waals surface area contributed by atoms with Crippen LogP contribution in [0.5, 0.6) is 0 Å². The van der Waals surface area contributed by atoms with E-state index in [2.05, 4.69) is 60.8 Å². The Morgan fingerprint density at radius 2 is 2.08 bits per heavy atom. The van der Waals surface area contributed by atoms with E-state index in [1.807, 2.05) is 11.7 Å². The quantitative estimate of drug-likeness (QED) is 0.641. The Morgan fingerprint density at radius 3 is 2.81 bits per heavy atom. The van der Waals surface area contributed by atoms with Crippen molar-refractivity contribution in [3.8, 4) is 0 Å². The number of benzene rings is 1. The van der Waals surface area contributed by atoms with Gasteiger partial charge in [0.05, 0.1) is 12.2 Å². The molecule has 1 aliphatic carbocycles. The molecule has 0 radical (unpaired) electrons. The summed E-state index contributed by atoms with van der Waals surface area (Å²) in [5.41, 5.74) is 6.47. The third kappa shape index (κ3) is 4.09. The summed E-state index contributed by atoms with van der Waals surface area (Å²) in [7, 11) is 1.99. The molecule has 1 aromatic heterocycles. The highest BCUT2D eigenvalue weighted by atomic mass is 15.3. The van der Waals surface area contributed by atoms with E-state index >= 15 is 0 Å². The van der Waals surface area contributed by atoms with Crippen LogP contribution in [0.15, 0.2) is 29.3 Å². The number of guanidine groups is 1. The van der Waals surface area contributed by atoms with Gasteiger partial charge in [-0.25, -0.2) is 4.99 Å². The number of hydrogen-bond donors (Lipinski definition) is 2. The summed E-state index contributed by atoms with van der Waals surface area (Å²) in [5.74, 6) is 1.45. The van der Waals surface area contributed by atoms with Crippen LogP contribution >= 0.6 is 0 Å². The van der Waals surface area contributed by atoms with Gasteiger partial charge in [0.25, 0.3) is 0 Å². The van der Waals surface area contributed by atoms with E-state index in [1.54, 1.807) is 0 Å². The third-order valence-corrected chi connectivity index (χ3v) is 5.41. The Bertz CT molecular complexity index is 775. The minimum absolute atomic E-state index is 0.561. The highest BCUT2D eigenvalue weighted by Crippen LogP contribution is 2.30. The topological polar surface area (TPSA) is 54.2 Å². The van der Waals surface area contributed by atoms with E-state index in [4.69, 9.17) is 4.99 Å². The molecule has 0 bridgehead atoms. The standard InChI is InChI=1S/C21H31N5/c1-5-22-21(24-14-20-15(2)25-26(4)16(20)3)23-13-18-11-8-10-17-9-6-7-12-19(17)18/h6-7,9,12,18H,5,8,10-11,13-14H2,1-4H3,(H2,22,23,24). The van der Waals surface area contributed by atoms with E-state index in [1.165, 1.54) is 41.6 Å². The fourth-order valence-electron chi connectivity index (χ4n) is 3.83. The molecule has 5 nitrogen and oxygen atoms in total. The third-order valence-electron chi connectivity index (χ3n) is 5.41. The lowest BCUT2D eigenvalue weighted by molar-refractivity contribution is 0.539. The molecule has 0 amide bonds. The Morgan fingerprint density at radius 1 is 1.27 bits per heavy atom. The summed E-state index contributed by atoms with van der Waals surface area (Å²) in [6, 6.07) is 8.87. The summed E-state index contributed by atoms with van der Waals surface area (Å²) < 4.78 is 1.93. The van der Waals surface area contributed by atoms with Crippen molar-refractivity contribution in [1.29, 1.82) is 0 Å². The predicted molar refractivity (Wildman–Crippen MR) is 108 cm³/mol. The summed E-state index contributed by atoms with van der Waals surface area (Å²) >= 11 is 0. The minimum Gasteiger partial charge on any atom is -0.357 e. The molecule has 1 aliphatic rings. The van der Waals surface area contributed by atoms with Gasteiger partial charge < -0.3 is 10.6 Å². The second kappa shape index (κ2) is 8.39. The van der Waals surface area contributed by atoms with Gasteiger partial charge in [-0.15, -0.1) is 0 Å². The monoisotopic (exact) mass is 353 g/mol. The van der Waals surface area contributed by atoms with Crippen molar-refractivity contribution in [3.63, 3.8) is 0 Å². The molecule has 26 heavy (non-hydrogen) atoms. The molecule has 1 aromatic carbocycles. The van der Waals surface area contributed by atoms with Gasteiger partial charge >= 0.3 is 0 Å². The first-order valence-electron chi connectivity index (χ1n) is 9.69. The fraction of sp³-hybridized carbons (Fsp3) is 0.524. The lowest BCUT2D eigenvalue weighted by atomic mass is 9.83. The number of nitrogens with zero attached hydrogens (tertiary/aromatic N) is 3. The second-order valence-corrected chi connectivity index (χ2v) is 7.14. The summed E-state index contributed by atoms with van der Waals surface area (Å²) in [5, 5.41) is 11.4. The van der Waals surface area contributed by atoms with Gasteiger partial charge in [-0.05, 0) is 51.2 Å². The van der Waals surface area contributed by atoms with Crippen LogP contribution in [-0.2, 0) is 20.0 Å². The van der Waals surface area contributed by atoms with Crippen LogP contribution in [0, 0.1) is 13.8 Å². The summed E-state index contributed by atoms with van der Waals surface area (Å²) in [6.07, 6.45) is 3.72. The molecule has 1 atom stereocenters. The van der Waals surface area contributed by atoms with E-state index in [0.717, 1.165) is 24.7 Å². The molecular formula is C21H31N5. The number of fused-ring (bicyclic) bond motifs is 1. The van der Waals surface area contributed by atoms with Crippen LogP contribution in [0.25, 0.3) is 0 Å². The van der Waals surface area contributed by atoms with E-state index in [0.29, 0.717) is 12.5 Å². The molecule has 0 saturated heterocycles. The number of rotatable bonds is 5. The number of nitrogens with one attached hydrogen (secondary N) is 2. The zero-order valence-electron chi connectivity index (χ0n) is 16.5. The van der Waals surface area contributed by atoms with E-state index < -0.39 is 0 Å². The van der Waals surface area contributed by atoms with Crippen molar-refractivity contribution in [2.45, 2.75) is 52.5 Å². The molecule has 2 aromatic rings. The number of aromatic nitrogens is 2. The van der Waals surface area contributed by atoms with Gasteiger partial charge in [0.1, 0.15) is 0 Å². The average molecular weight is 354 g/mol. The summed E-state index contributed by atoms with van der Waals surface area (Å²) in [6.45, 7) is 8.70. The van der Waals surface area contributed by atoms with Crippen LogP contribution in [0.1, 0.15) is 53.8 Å². The smallest absolute Gasteiger partial charge is 0.191 e. The molecule has 0 aliphatic heterocycles. The molecule has 1 unspecified atom stereocenters. The lowest BCUT2D eigenvalue weighted by Crippen LogP contribution is -2.39. The average Bonchev–Trinajstić information content (AvgIpc) is 2.89. The first-order chi connectivity index (χ1) is 12.6. The van der Waals surface area contributed by atoms with Gasteiger partial charge in [0, 0.05) is 37.3 Å². The van der Waals surface area contributed by atoms with Crippen LogP contribution in [-0.4, -0.2) is 28.8 Å². The number of aryl methyl sites for hydroxylation is 3. The molecule has 5 heteroatoms. The van der Waals surface area contributed by atoms with Crippen LogP contribution in [0.2, 0.25) is 0 Å². The molecule has 1 heterocycles. The molecule has 0 saturated carbocycles. The van der Waals surface area contributed by atoms with Gasteiger partial charge in [0.15, 0.2) is 5.96 Å². The highest BCUT2D eigenvalue weighted by Gasteiger charge is 2.19. The fourth-order valence-corrected chi connectivity index (χ4v) is 3.83. The molecule has 140 valence electrons. The first-order valence-corrected chi connectivity index (χ1v) is 9.69. The predicted octanol–water partition coefficient (Wildman–Crippen LogP) is 3.21. The number of aliphatic imine (C=N–C) groups is 1. The molecule has 3 rings (SSSR count). The second-order valence-electron chi connectivity index (χ2n) is 7.14. The van der Waals surface area contributed by atoms with Crippen molar-refractivity contribution in [2.75, 3.05) is 13.1 Å². The summed E-state index contributed by atoms with van der Waals surface area (Å²) in [4.78, 5) is 4.80. The zero-order valence-corrected chi connectivity index (χ0v) is 16.5. The Balaban J connectivity index is 1.67. The molecule has 0 fully saturated rings.